The van der Waals surface area contributed by atoms with E-state index in [0.29, 0.717) is 43.2 Å². The van der Waals surface area contributed by atoms with Gasteiger partial charge in [-0.1, -0.05) is 63.1 Å². The first-order valence-electron chi connectivity index (χ1n) is 14.2. The second-order valence-electron chi connectivity index (χ2n) is 10.8. The van der Waals surface area contributed by atoms with Crippen LogP contribution in [-0.4, -0.2) is 0 Å². The molecule has 0 atom stereocenters. The molecule has 0 bridgehead atoms. The standard InChI is InChI=1S/C33H36F6/c1-3-5-6-7-23-15-17-25(31(37)29(23)35)22-11-8-20(9-12-22)10-13-24-16-19-27(33(39)30(24)36)26-18-14-21(4-2)28(34)32(26)38/h14-20,22H,3-13H2,1-2H3. The van der Waals surface area contributed by atoms with Crippen LogP contribution in [-0.2, 0) is 19.3 Å². The highest BCUT2D eigenvalue weighted by atomic mass is 19.2. The number of hydrogen-bond acceptors (Lipinski definition) is 0. The lowest BCUT2D eigenvalue weighted by Crippen LogP contribution is -2.16. The van der Waals surface area contributed by atoms with E-state index in [0.717, 1.165) is 32.1 Å². The van der Waals surface area contributed by atoms with Crippen LogP contribution in [0, 0.1) is 40.8 Å². The van der Waals surface area contributed by atoms with Gasteiger partial charge in [0.2, 0.25) is 0 Å². The summed E-state index contributed by atoms with van der Waals surface area (Å²) in [6, 6.07) is 8.85. The van der Waals surface area contributed by atoms with Gasteiger partial charge in [0.05, 0.1) is 0 Å². The first-order chi connectivity index (χ1) is 18.8. The van der Waals surface area contributed by atoms with Crippen LogP contribution in [0.1, 0.15) is 93.4 Å². The van der Waals surface area contributed by atoms with Crippen molar-refractivity contribution in [3.05, 3.63) is 93.6 Å². The molecule has 0 spiro atoms. The van der Waals surface area contributed by atoms with Crippen molar-refractivity contribution in [3.8, 4) is 11.1 Å². The quantitative estimate of drug-likeness (QED) is 0.175. The zero-order valence-electron chi connectivity index (χ0n) is 22.7. The molecule has 1 fully saturated rings. The molecule has 3 aromatic carbocycles. The first-order valence-corrected chi connectivity index (χ1v) is 14.2. The summed E-state index contributed by atoms with van der Waals surface area (Å²) in [6.45, 7) is 3.75. The van der Waals surface area contributed by atoms with Gasteiger partial charge in [-0.2, -0.15) is 0 Å². The Morgan fingerprint density at radius 3 is 1.72 bits per heavy atom. The minimum atomic E-state index is -1.19. The zero-order chi connectivity index (χ0) is 28.1. The third-order valence-electron chi connectivity index (χ3n) is 8.35. The van der Waals surface area contributed by atoms with Crippen molar-refractivity contribution in [3.63, 3.8) is 0 Å². The predicted octanol–water partition coefficient (Wildman–Crippen LogP) is 10.4. The molecule has 39 heavy (non-hydrogen) atoms. The smallest absolute Gasteiger partial charge is 0.167 e. The topological polar surface area (TPSA) is 0 Å². The van der Waals surface area contributed by atoms with E-state index < -0.39 is 34.9 Å². The third kappa shape index (κ3) is 6.36. The van der Waals surface area contributed by atoms with Crippen LogP contribution in [0.2, 0.25) is 0 Å². The van der Waals surface area contributed by atoms with E-state index in [1.54, 1.807) is 19.1 Å². The molecule has 0 amide bonds. The Balaban J connectivity index is 1.37. The summed E-state index contributed by atoms with van der Waals surface area (Å²) in [7, 11) is 0. The van der Waals surface area contributed by atoms with Crippen LogP contribution < -0.4 is 0 Å². The summed E-state index contributed by atoms with van der Waals surface area (Å²) in [4.78, 5) is 0. The van der Waals surface area contributed by atoms with Crippen molar-refractivity contribution < 1.29 is 26.3 Å². The number of hydrogen-bond donors (Lipinski definition) is 0. The largest absolute Gasteiger partial charge is 0.203 e. The molecule has 6 heteroatoms. The van der Waals surface area contributed by atoms with E-state index in [2.05, 4.69) is 6.92 Å². The molecule has 1 saturated carbocycles. The Labute approximate surface area is 227 Å². The van der Waals surface area contributed by atoms with Gasteiger partial charge >= 0.3 is 0 Å². The van der Waals surface area contributed by atoms with E-state index >= 15 is 0 Å². The fraction of sp³-hybridized carbons (Fsp3) is 0.455. The predicted molar refractivity (Wildman–Crippen MR) is 144 cm³/mol. The molecule has 0 nitrogen and oxygen atoms in total. The Hall–Kier alpha value is -2.76. The van der Waals surface area contributed by atoms with Crippen molar-refractivity contribution in [2.45, 2.75) is 90.4 Å². The number of rotatable bonds is 10. The second-order valence-corrected chi connectivity index (χ2v) is 10.8. The first kappa shape index (κ1) is 29.2. The van der Waals surface area contributed by atoms with E-state index in [-0.39, 0.29) is 40.5 Å². The highest BCUT2D eigenvalue weighted by Crippen LogP contribution is 2.40. The average molecular weight is 547 g/mol. The van der Waals surface area contributed by atoms with Crippen LogP contribution in [0.25, 0.3) is 11.1 Å². The van der Waals surface area contributed by atoms with Gasteiger partial charge in [0, 0.05) is 11.1 Å². The molecule has 3 aromatic rings. The number of unbranched alkanes of at least 4 members (excludes halogenated alkanes) is 2. The monoisotopic (exact) mass is 546 g/mol. The summed E-state index contributed by atoms with van der Waals surface area (Å²) < 4.78 is 88.0. The van der Waals surface area contributed by atoms with Crippen LogP contribution in [0.15, 0.2) is 36.4 Å². The number of halogens is 6. The highest BCUT2D eigenvalue weighted by molar-refractivity contribution is 5.66. The van der Waals surface area contributed by atoms with Crippen molar-refractivity contribution in [1.29, 1.82) is 0 Å². The maximum Gasteiger partial charge on any atom is 0.167 e. The molecule has 0 unspecified atom stereocenters. The fourth-order valence-electron chi connectivity index (χ4n) is 5.86. The van der Waals surface area contributed by atoms with Crippen LogP contribution in [0.5, 0.6) is 0 Å². The van der Waals surface area contributed by atoms with Crippen molar-refractivity contribution in [1.82, 2.24) is 0 Å². The lowest BCUT2D eigenvalue weighted by Gasteiger charge is -2.29. The average Bonchev–Trinajstić information content (AvgIpc) is 2.94. The Morgan fingerprint density at radius 2 is 1.10 bits per heavy atom. The lowest BCUT2D eigenvalue weighted by molar-refractivity contribution is 0.303. The summed E-state index contributed by atoms with van der Waals surface area (Å²) in [5, 5.41) is 0. The molecule has 1 aliphatic rings. The van der Waals surface area contributed by atoms with Gasteiger partial charge in [-0.05, 0) is 91.9 Å². The van der Waals surface area contributed by atoms with Gasteiger partial charge in [-0.3, -0.25) is 0 Å². The molecule has 4 rings (SSSR count). The van der Waals surface area contributed by atoms with Gasteiger partial charge in [-0.25, -0.2) is 26.3 Å². The van der Waals surface area contributed by atoms with Crippen molar-refractivity contribution >= 4 is 0 Å². The fourth-order valence-corrected chi connectivity index (χ4v) is 5.86. The zero-order valence-corrected chi connectivity index (χ0v) is 22.7. The second kappa shape index (κ2) is 13.1. The summed E-state index contributed by atoms with van der Waals surface area (Å²) >= 11 is 0. The Kier molecular flexibility index (Phi) is 9.79. The third-order valence-corrected chi connectivity index (χ3v) is 8.35. The normalized spacial score (nSPS) is 17.5. The van der Waals surface area contributed by atoms with Gasteiger partial charge in [0.1, 0.15) is 0 Å². The van der Waals surface area contributed by atoms with Gasteiger partial charge in [0.25, 0.3) is 0 Å². The molecule has 0 radical (unpaired) electrons. The van der Waals surface area contributed by atoms with E-state index in [1.165, 1.54) is 24.3 Å². The van der Waals surface area contributed by atoms with E-state index in [9.17, 15) is 26.3 Å². The lowest BCUT2D eigenvalue weighted by atomic mass is 9.76. The van der Waals surface area contributed by atoms with Crippen molar-refractivity contribution in [2.75, 3.05) is 0 Å². The van der Waals surface area contributed by atoms with Crippen LogP contribution in [0.3, 0.4) is 0 Å². The SMILES string of the molecule is CCCCCc1ccc(C2CCC(CCc3ccc(-c4ccc(CC)c(F)c4F)c(F)c3F)CC2)c(F)c1F. The molecular formula is C33H36F6. The molecule has 0 N–H and O–H groups in total. The Bertz CT molecular complexity index is 1290. The summed E-state index contributed by atoms with van der Waals surface area (Å²) in [5.41, 5.74) is 0.631. The van der Waals surface area contributed by atoms with E-state index in [4.69, 9.17) is 0 Å². The van der Waals surface area contributed by atoms with Gasteiger partial charge in [0.15, 0.2) is 34.9 Å². The number of benzene rings is 3. The maximum atomic E-state index is 14.9. The number of aryl methyl sites for hydroxylation is 3. The molecule has 0 aliphatic heterocycles. The minimum Gasteiger partial charge on any atom is -0.203 e. The molecule has 210 valence electrons. The highest BCUT2D eigenvalue weighted by Gasteiger charge is 2.27. The molecule has 1 aliphatic carbocycles. The van der Waals surface area contributed by atoms with Crippen LogP contribution in [0.4, 0.5) is 26.3 Å². The van der Waals surface area contributed by atoms with Gasteiger partial charge < -0.3 is 0 Å². The summed E-state index contributed by atoms with van der Waals surface area (Å²) in [5.74, 6) is -5.70. The molecule has 0 saturated heterocycles. The van der Waals surface area contributed by atoms with E-state index in [1.807, 2.05) is 0 Å². The Morgan fingerprint density at radius 1 is 0.564 bits per heavy atom. The van der Waals surface area contributed by atoms with Gasteiger partial charge in [-0.15, -0.1) is 0 Å². The molecular weight excluding hydrogens is 510 g/mol. The van der Waals surface area contributed by atoms with Crippen LogP contribution >= 0.6 is 0 Å². The summed E-state index contributed by atoms with van der Waals surface area (Å²) in [6.07, 6.45) is 7.62. The van der Waals surface area contributed by atoms with Crippen molar-refractivity contribution in [2.24, 2.45) is 5.92 Å². The molecule has 0 heterocycles. The minimum absolute atomic E-state index is 0.0525. The maximum absolute atomic E-state index is 14.9. The molecule has 0 aromatic heterocycles.